The van der Waals surface area contributed by atoms with E-state index in [9.17, 15) is 9.90 Å². The number of aromatic hydroxyl groups is 1. The van der Waals surface area contributed by atoms with Crippen LogP contribution in [0.4, 0.5) is 0 Å². The summed E-state index contributed by atoms with van der Waals surface area (Å²) in [4.78, 5) is 14.7. The van der Waals surface area contributed by atoms with Crippen molar-refractivity contribution in [1.29, 1.82) is 0 Å². The number of hydrogen-bond donors (Lipinski definition) is 1. The first kappa shape index (κ1) is 32.2. The number of fused-ring (bicyclic) bond motifs is 2. The van der Waals surface area contributed by atoms with Crippen molar-refractivity contribution in [3.8, 4) is 28.2 Å². The van der Waals surface area contributed by atoms with Gasteiger partial charge in [0, 0.05) is 82.8 Å². The van der Waals surface area contributed by atoms with Crippen LogP contribution in [-0.4, -0.2) is 69.1 Å². The zero-order chi connectivity index (χ0) is 29.0. The molecule has 1 heterocycles. The summed E-state index contributed by atoms with van der Waals surface area (Å²) in [7, 11) is 0. The van der Waals surface area contributed by atoms with Crippen molar-refractivity contribution in [2.45, 2.75) is 27.3 Å². The zero-order valence-corrected chi connectivity index (χ0v) is 27.6. The maximum absolute atomic E-state index is 12.1. The van der Waals surface area contributed by atoms with Crippen molar-refractivity contribution in [3.05, 3.63) is 75.9 Å². The number of aryl methyl sites for hydroxylation is 1. The molecule has 0 atom stereocenters. The molecule has 1 aliphatic heterocycles. The van der Waals surface area contributed by atoms with Crippen LogP contribution in [0.15, 0.2) is 63.8 Å². The topological polar surface area (TPSA) is 53.7 Å². The minimum atomic E-state index is -0.0940. The first-order chi connectivity index (χ1) is 20.0. The highest BCUT2D eigenvalue weighted by Gasteiger charge is 2.19. The van der Waals surface area contributed by atoms with Gasteiger partial charge in [-0.2, -0.15) is 47.0 Å². The third-order valence-corrected chi connectivity index (χ3v) is 11.1. The molecule has 41 heavy (non-hydrogen) atoms. The average molecular weight is 628 g/mol. The summed E-state index contributed by atoms with van der Waals surface area (Å²) >= 11 is 8.18. The van der Waals surface area contributed by atoms with Crippen LogP contribution in [0.3, 0.4) is 0 Å². The van der Waals surface area contributed by atoms with Crippen LogP contribution in [0.25, 0.3) is 33.4 Å². The number of phenols is 1. The van der Waals surface area contributed by atoms with E-state index in [4.69, 9.17) is 4.42 Å². The molecule has 0 fully saturated rings. The fraction of sp³-hybridized carbons (Fsp3) is 0.424. The van der Waals surface area contributed by atoms with Gasteiger partial charge in [0.15, 0.2) is 5.43 Å². The molecule has 220 valence electrons. The molecule has 8 heteroatoms. The second-order valence-corrected chi connectivity index (χ2v) is 15.1. The van der Waals surface area contributed by atoms with Gasteiger partial charge in [0.05, 0.1) is 0 Å². The van der Waals surface area contributed by atoms with E-state index >= 15 is 0 Å². The SMILES string of the molecule is CCSCCSCCN(CCSCCSCC)Cc1ccc(-c2c3ccc(=O)cc-3oc3cc(O)ccc23)c(C)c1. The molecule has 2 aromatic carbocycles. The van der Waals surface area contributed by atoms with E-state index in [-0.39, 0.29) is 11.2 Å². The third kappa shape index (κ3) is 9.39. The van der Waals surface area contributed by atoms with Crippen molar-refractivity contribution in [2.24, 2.45) is 0 Å². The van der Waals surface area contributed by atoms with Gasteiger partial charge >= 0.3 is 0 Å². The predicted molar refractivity (Wildman–Crippen MR) is 187 cm³/mol. The van der Waals surface area contributed by atoms with Gasteiger partial charge in [-0.05, 0) is 59.4 Å². The monoisotopic (exact) mass is 627 g/mol. The highest BCUT2D eigenvalue weighted by atomic mass is 32.2. The second-order valence-electron chi connectivity index (χ2n) is 9.86. The molecule has 0 bridgehead atoms. The van der Waals surface area contributed by atoms with E-state index in [1.54, 1.807) is 18.2 Å². The van der Waals surface area contributed by atoms with Gasteiger partial charge < -0.3 is 9.52 Å². The van der Waals surface area contributed by atoms with Gasteiger partial charge in [-0.1, -0.05) is 32.0 Å². The number of rotatable bonds is 17. The first-order valence-electron chi connectivity index (χ1n) is 14.3. The van der Waals surface area contributed by atoms with Crippen LogP contribution < -0.4 is 5.43 Å². The Balaban J connectivity index is 1.54. The Morgan fingerprint density at radius 1 is 0.756 bits per heavy atom. The lowest BCUT2D eigenvalue weighted by Crippen LogP contribution is -2.28. The Kier molecular flexibility index (Phi) is 13.2. The Hall–Kier alpha value is -1.71. The van der Waals surface area contributed by atoms with Crippen molar-refractivity contribution in [2.75, 3.05) is 59.1 Å². The van der Waals surface area contributed by atoms with Crippen LogP contribution in [0.5, 0.6) is 5.75 Å². The fourth-order valence-electron chi connectivity index (χ4n) is 4.90. The smallest absolute Gasteiger partial charge is 0.182 e. The summed E-state index contributed by atoms with van der Waals surface area (Å²) in [5.41, 5.74) is 6.02. The molecule has 1 N–H and O–H groups in total. The van der Waals surface area contributed by atoms with Crippen molar-refractivity contribution >= 4 is 58.0 Å². The van der Waals surface area contributed by atoms with E-state index in [0.717, 1.165) is 53.2 Å². The number of nitrogens with zero attached hydrogens (tertiary/aromatic N) is 1. The Bertz CT molecular complexity index is 1410. The minimum absolute atomic E-state index is 0.0940. The standard InChI is InChI=1S/C33H41NO3S4/c1-4-38-16-18-40-14-12-34(13-15-41-19-17-39-5-2)23-25-6-9-28(24(3)20-25)33-29-10-7-26(35)21-31(29)37-32-22-27(36)8-11-30(32)33/h6-11,20-22,35H,4-5,12-19,23H2,1-3H3. The lowest BCUT2D eigenvalue weighted by molar-refractivity contribution is 0.301. The van der Waals surface area contributed by atoms with Gasteiger partial charge in [0.1, 0.15) is 17.1 Å². The fourth-order valence-corrected chi connectivity index (χ4v) is 8.54. The Morgan fingerprint density at radius 3 is 2.07 bits per heavy atom. The predicted octanol–water partition coefficient (Wildman–Crippen LogP) is 8.35. The summed E-state index contributed by atoms with van der Waals surface area (Å²) < 4.78 is 6.05. The van der Waals surface area contributed by atoms with Crippen molar-refractivity contribution in [1.82, 2.24) is 4.90 Å². The van der Waals surface area contributed by atoms with E-state index in [1.165, 1.54) is 51.7 Å². The van der Waals surface area contributed by atoms with Gasteiger partial charge in [-0.3, -0.25) is 9.69 Å². The number of thioether (sulfide) groups is 4. The Morgan fingerprint density at radius 2 is 1.41 bits per heavy atom. The molecule has 0 aromatic heterocycles. The maximum Gasteiger partial charge on any atom is 0.182 e. The third-order valence-electron chi connectivity index (χ3n) is 6.90. The van der Waals surface area contributed by atoms with Gasteiger partial charge in [0.2, 0.25) is 0 Å². The highest BCUT2D eigenvalue weighted by Crippen LogP contribution is 2.41. The van der Waals surface area contributed by atoms with Crippen LogP contribution in [-0.2, 0) is 6.54 Å². The number of hydrogen-bond acceptors (Lipinski definition) is 8. The molecule has 2 aromatic rings. The van der Waals surface area contributed by atoms with E-state index in [2.05, 4.69) is 67.4 Å². The van der Waals surface area contributed by atoms with Gasteiger partial charge in [-0.25, -0.2) is 0 Å². The summed E-state index contributed by atoms with van der Waals surface area (Å²) in [6.07, 6.45) is 0. The van der Waals surface area contributed by atoms with Gasteiger partial charge in [-0.15, -0.1) is 0 Å². The van der Waals surface area contributed by atoms with E-state index in [0.29, 0.717) is 11.3 Å². The lowest BCUT2D eigenvalue weighted by atomic mass is 9.90. The summed E-state index contributed by atoms with van der Waals surface area (Å²) in [6.45, 7) is 9.76. The molecule has 1 aliphatic carbocycles. The summed E-state index contributed by atoms with van der Waals surface area (Å²) in [5.74, 6) is 10.3. The normalized spacial score (nSPS) is 11.7. The lowest BCUT2D eigenvalue weighted by Gasteiger charge is -2.23. The zero-order valence-electron chi connectivity index (χ0n) is 24.3. The molecule has 0 saturated heterocycles. The summed E-state index contributed by atoms with van der Waals surface area (Å²) in [5, 5.41) is 11.0. The molecule has 4 rings (SSSR count). The second kappa shape index (κ2) is 16.8. The molecule has 4 nitrogen and oxygen atoms in total. The number of phenolic OH excluding ortho intramolecular Hbond substituents is 1. The molecule has 2 aliphatic rings. The highest BCUT2D eigenvalue weighted by molar-refractivity contribution is 8.03. The van der Waals surface area contributed by atoms with Crippen molar-refractivity contribution < 1.29 is 9.52 Å². The summed E-state index contributed by atoms with van der Waals surface area (Å²) in [6, 6.07) is 16.9. The number of benzene rings is 3. The largest absolute Gasteiger partial charge is 0.508 e. The quantitative estimate of drug-likeness (QED) is 0.0926. The average Bonchev–Trinajstić information content (AvgIpc) is 2.95. The molecule has 0 amide bonds. The molecule has 0 unspecified atom stereocenters. The van der Waals surface area contributed by atoms with E-state index < -0.39 is 0 Å². The van der Waals surface area contributed by atoms with E-state index in [1.807, 2.05) is 35.7 Å². The first-order valence-corrected chi connectivity index (χ1v) is 18.9. The molecular weight excluding hydrogens is 587 g/mol. The maximum atomic E-state index is 12.1. The molecule has 0 radical (unpaired) electrons. The van der Waals surface area contributed by atoms with Crippen LogP contribution >= 0.6 is 47.0 Å². The van der Waals surface area contributed by atoms with Crippen molar-refractivity contribution in [3.63, 3.8) is 0 Å². The van der Waals surface area contributed by atoms with Crippen LogP contribution in [0, 0.1) is 6.92 Å². The molecular formula is C33H41NO3S4. The Labute approximate surface area is 261 Å². The minimum Gasteiger partial charge on any atom is -0.508 e. The molecule has 0 saturated carbocycles. The van der Waals surface area contributed by atoms with Gasteiger partial charge in [0.25, 0.3) is 0 Å². The molecule has 0 spiro atoms. The van der Waals surface area contributed by atoms with Crippen LogP contribution in [0.1, 0.15) is 25.0 Å². The van der Waals surface area contributed by atoms with Crippen LogP contribution in [0.2, 0.25) is 0 Å².